The first kappa shape index (κ1) is 18.3. The predicted molar refractivity (Wildman–Crippen MR) is 93.6 cm³/mol. The van der Waals surface area contributed by atoms with E-state index in [1.807, 2.05) is 11.0 Å². The number of rotatable bonds is 4. The monoisotopic (exact) mass is 349 g/mol. The van der Waals surface area contributed by atoms with E-state index in [4.69, 9.17) is 9.47 Å². The van der Waals surface area contributed by atoms with Crippen LogP contribution >= 0.6 is 0 Å². The zero-order chi connectivity index (χ0) is 17.8. The van der Waals surface area contributed by atoms with Crippen molar-refractivity contribution in [3.8, 4) is 0 Å². The molecule has 0 aliphatic carbocycles. The maximum absolute atomic E-state index is 13.4. The average molecular weight is 349 g/mol. The number of amides is 1. The van der Waals surface area contributed by atoms with Crippen LogP contribution in [0, 0.1) is 17.7 Å². The molecule has 0 radical (unpaired) electrons. The van der Waals surface area contributed by atoms with Crippen molar-refractivity contribution >= 4 is 5.91 Å². The van der Waals surface area contributed by atoms with Gasteiger partial charge in [-0.2, -0.15) is 0 Å². The lowest BCUT2D eigenvalue weighted by Crippen LogP contribution is -2.43. The summed E-state index contributed by atoms with van der Waals surface area (Å²) in [6.07, 6.45) is 2.50. The molecule has 1 aromatic rings. The number of benzene rings is 1. The first-order valence-corrected chi connectivity index (χ1v) is 9.29. The van der Waals surface area contributed by atoms with Crippen LogP contribution in [0.3, 0.4) is 0 Å². The first-order chi connectivity index (χ1) is 12.0. The zero-order valence-electron chi connectivity index (χ0n) is 15.1. The Kier molecular flexibility index (Phi) is 6.07. The van der Waals surface area contributed by atoms with Crippen LogP contribution in [0.25, 0.3) is 0 Å². The van der Waals surface area contributed by atoms with Crippen molar-refractivity contribution in [2.45, 2.75) is 45.3 Å². The van der Waals surface area contributed by atoms with Crippen LogP contribution in [0.4, 0.5) is 4.39 Å². The van der Waals surface area contributed by atoms with E-state index in [-0.39, 0.29) is 23.9 Å². The van der Waals surface area contributed by atoms with Crippen LogP contribution in [-0.4, -0.2) is 43.2 Å². The molecule has 0 saturated carbocycles. The van der Waals surface area contributed by atoms with Gasteiger partial charge in [-0.15, -0.1) is 0 Å². The predicted octanol–water partition coefficient (Wildman–Crippen LogP) is 3.57. The molecule has 0 spiro atoms. The van der Waals surface area contributed by atoms with E-state index in [2.05, 4.69) is 13.8 Å². The first-order valence-electron chi connectivity index (χ1n) is 9.29. The maximum atomic E-state index is 13.4. The van der Waals surface area contributed by atoms with Crippen LogP contribution in [0.15, 0.2) is 24.3 Å². The normalized spacial score (nSPS) is 27.5. The summed E-state index contributed by atoms with van der Waals surface area (Å²) in [6, 6.07) is 6.45. The van der Waals surface area contributed by atoms with E-state index >= 15 is 0 Å². The van der Waals surface area contributed by atoms with Gasteiger partial charge in [0.25, 0.3) is 0 Å². The van der Waals surface area contributed by atoms with Crippen molar-refractivity contribution < 1.29 is 18.7 Å². The Balaban J connectivity index is 1.57. The molecular weight excluding hydrogens is 321 g/mol. The van der Waals surface area contributed by atoms with Crippen molar-refractivity contribution in [3.63, 3.8) is 0 Å². The van der Waals surface area contributed by atoms with Gasteiger partial charge < -0.3 is 14.4 Å². The summed E-state index contributed by atoms with van der Waals surface area (Å²) in [5, 5.41) is 0. The summed E-state index contributed by atoms with van der Waals surface area (Å²) in [5.41, 5.74) is 0.795. The molecule has 2 saturated heterocycles. The molecule has 25 heavy (non-hydrogen) atoms. The Morgan fingerprint density at radius 3 is 2.92 bits per heavy atom. The van der Waals surface area contributed by atoms with Gasteiger partial charge in [-0.05, 0) is 42.4 Å². The minimum atomic E-state index is -0.272. The minimum Gasteiger partial charge on any atom is -0.378 e. The molecule has 2 aliphatic rings. The summed E-state index contributed by atoms with van der Waals surface area (Å²) in [5.74, 6) is 0.786. The van der Waals surface area contributed by atoms with Gasteiger partial charge in [-0.3, -0.25) is 4.79 Å². The molecule has 2 fully saturated rings. The lowest BCUT2D eigenvalue weighted by Gasteiger charge is -2.36. The molecule has 138 valence electrons. The second kappa shape index (κ2) is 8.28. The number of halogens is 1. The third-order valence-electron chi connectivity index (χ3n) is 5.27. The van der Waals surface area contributed by atoms with E-state index in [1.165, 1.54) is 12.1 Å². The highest BCUT2D eigenvalue weighted by molar-refractivity contribution is 5.76. The van der Waals surface area contributed by atoms with Gasteiger partial charge in [0, 0.05) is 19.6 Å². The number of ether oxygens (including phenoxy) is 2. The zero-order valence-corrected chi connectivity index (χ0v) is 15.1. The van der Waals surface area contributed by atoms with Gasteiger partial charge in [0.1, 0.15) is 11.9 Å². The second-order valence-electron chi connectivity index (χ2n) is 7.50. The van der Waals surface area contributed by atoms with Crippen molar-refractivity contribution in [1.29, 1.82) is 0 Å². The van der Waals surface area contributed by atoms with E-state index in [0.29, 0.717) is 38.0 Å². The largest absolute Gasteiger partial charge is 0.378 e. The lowest BCUT2D eigenvalue weighted by atomic mass is 9.87. The molecule has 2 aliphatic heterocycles. The number of hydrogen-bond acceptors (Lipinski definition) is 3. The van der Waals surface area contributed by atoms with E-state index in [1.54, 1.807) is 6.07 Å². The van der Waals surface area contributed by atoms with Gasteiger partial charge in [0.2, 0.25) is 5.91 Å². The molecule has 4 nitrogen and oxygen atoms in total. The highest BCUT2D eigenvalue weighted by Crippen LogP contribution is 2.29. The standard InChI is InChI=1S/C20H28FNO3/c1-14(2)18-10-15(6-8-24-18)11-20(23)22-7-9-25-19(13-22)16-4-3-5-17(21)12-16/h3-5,12,14-15,18-19H,6-11,13H2,1-2H3. The van der Waals surface area contributed by atoms with Crippen molar-refractivity contribution in [2.75, 3.05) is 26.3 Å². The van der Waals surface area contributed by atoms with Crippen LogP contribution in [0.1, 0.15) is 44.8 Å². The minimum absolute atomic E-state index is 0.180. The Morgan fingerprint density at radius 2 is 2.16 bits per heavy atom. The number of morpholine rings is 1. The SMILES string of the molecule is CC(C)C1CC(CC(=O)N2CCOC(c3cccc(F)c3)C2)CCO1. The fourth-order valence-corrected chi connectivity index (χ4v) is 3.71. The molecule has 1 aromatic carbocycles. The van der Waals surface area contributed by atoms with Crippen LogP contribution in [0.5, 0.6) is 0 Å². The van der Waals surface area contributed by atoms with Crippen LogP contribution in [-0.2, 0) is 14.3 Å². The van der Waals surface area contributed by atoms with E-state index in [9.17, 15) is 9.18 Å². The summed E-state index contributed by atoms with van der Waals surface area (Å²) in [4.78, 5) is 14.6. The molecule has 5 heteroatoms. The molecule has 3 atom stereocenters. The Bertz CT molecular complexity index is 592. The molecule has 3 unspecified atom stereocenters. The Morgan fingerprint density at radius 1 is 1.32 bits per heavy atom. The van der Waals surface area contributed by atoms with Gasteiger partial charge in [0.15, 0.2) is 0 Å². The molecule has 0 aromatic heterocycles. The highest BCUT2D eigenvalue weighted by atomic mass is 19.1. The number of carbonyl (C=O) groups is 1. The lowest BCUT2D eigenvalue weighted by molar-refractivity contribution is -0.141. The van der Waals surface area contributed by atoms with Gasteiger partial charge in [0.05, 0.1) is 19.3 Å². The average Bonchev–Trinajstić information content (AvgIpc) is 2.62. The Hall–Kier alpha value is -1.46. The smallest absolute Gasteiger partial charge is 0.223 e. The molecule has 2 heterocycles. The van der Waals surface area contributed by atoms with Gasteiger partial charge >= 0.3 is 0 Å². The van der Waals surface area contributed by atoms with Crippen molar-refractivity contribution in [1.82, 2.24) is 4.90 Å². The summed E-state index contributed by atoms with van der Waals surface area (Å²) in [7, 11) is 0. The van der Waals surface area contributed by atoms with Gasteiger partial charge in [-0.1, -0.05) is 26.0 Å². The van der Waals surface area contributed by atoms with E-state index in [0.717, 1.165) is 25.0 Å². The topological polar surface area (TPSA) is 38.8 Å². The van der Waals surface area contributed by atoms with Gasteiger partial charge in [-0.25, -0.2) is 4.39 Å². The third kappa shape index (κ3) is 4.79. The quantitative estimate of drug-likeness (QED) is 0.834. The molecular formula is C20H28FNO3. The number of carbonyl (C=O) groups excluding carboxylic acids is 1. The molecule has 1 amide bonds. The molecule has 3 rings (SSSR count). The number of hydrogen-bond donors (Lipinski definition) is 0. The molecule has 0 bridgehead atoms. The van der Waals surface area contributed by atoms with Crippen LogP contribution < -0.4 is 0 Å². The molecule has 0 N–H and O–H groups in total. The second-order valence-corrected chi connectivity index (χ2v) is 7.50. The third-order valence-corrected chi connectivity index (χ3v) is 5.27. The maximum Gasteiger partial charge on any atom is 0.223 e. The summed E-state index contributed by atoms with van der Waals surface area (Å²) in [6.45, 7) is 6.69. The van der Waals surface area contributed by atoms with Crippen LogP contribution in [0.2, 0.25) is 0 Å². The Labute approximate surface area is 149 Å². The van der Waals surface area contributed by atoms with Crippen molar-refractivity contribution in [2.24, 2.45) is 11.8 Å². The van der Waals surface area contributed by atoms with E-state index < -0.39 is 0 Å². The fraction of sp³-hybridized carbons (Fsp3) is 0.650. The number of nitrogens with zero attached hydrogens (tertiary/aromatic N) is 1. The highest BCUT2D eigenvalue weighted by Gasteiger charge is 2.30. The summed E-state index contributed by atoms with van der Waals surface area (Å²) < 4.78 is 25.0. The fourth-order valence-electron chi connectivity index (χ4n) is 3.71. The van der Waals surface area contributed by atoms with Crippen molar-refractivity contribution in [3.05, 3.63) is 35.6 Å². The summed E-state index contributed by atoms with van der Waals surface area (Å²) >= 11 is 0.